The third-order valence-electron chi connectivity index (χ3n) is 1.80. The number of hydroxylamine groups is 1. The Kier molecular flexibility index (Phi) is 3.53. The van der Waals surface area contributed by atoms with Gasteiger partial charge in [0, 0.05) is 0 Å². The molecule has 0 aromatic heterocycles. The van der Waals surface area contributed by atoms with E-state index in [0.717, 1.165) is 0 Å². The van der Waals surface area contributed by atoms with Gasteiger partial charge in [-0.2, -0.15) is 5.48 Å². The predicted molar refractivity (Wildman–Crippen MR) is 53.7 cm³/mol. The van der Waals surface area contributed by atoms with Crippen LogP contribution in [0.25, 0.3) is 0 Å². The summed E-state index contributed by atoms with van der Waals surface area (Å²) in [5.41, 5.74) is 2.76. The van der Waals surface area contributed by atoms with E-state index in [9.17, 15) is 0 Å². The van der Waals surface area contributed by atoms with Gasteiger partial charge in [-0.15, -0.1) is 0 Å². The molecule has 14 heavy (non-hydrogen) atoms. The van der Waals surface area contributed by atoms with Crippen molar-refractivity contribution >= 4 is 0 Å². The molecule has 1 fully saturated rings. The SMILES string of the molecule is CC(C)(C)ONC1COC(C)(C)OC1. The minimum atomic E-state index is -0.458. The maximum Gasteiger partial charge on any atom is 0.162 e. The molecule has 0 spiro atoms. The van der Waals surface area contributed by atoms with Crippen molar-refractivity contribution < 1.29 is 14.3 Å². The molecule has 1 rings (SSSR count). The number of nitrogens with one attached hydrogen (secondary N) is 1. The Morgan fingerprint density at radius 2 is 1.71 bits per heavy atom. The third-order valence-corrected chi connectivity index (χ3v) is 1.80. The summed E-state index contributed by atoms with van der Waals surface area (Å²) >= 11 is 0. The van der Waals surface area contributed by atoms with E-state index in [4.69, 9.17) is 14.3 Å². The Morgan fingerprint density at radius 1 is 1.21 bits per heavy atom. The molecular weight excluding hydrogens is 182 g/mol. The minimum Gasteiger partial charge on any atom is -0.349 e. The molecule has 4 nitrogen and oxygen atoms in total. The van der Waals surface area contributed by atoms with Gasteiger partial charge in [0.1, 0.15) is 0 Å². The molecule has 0 radical (unpaired) electrons. The second-order valence-electron chi connectivity index (χ2n) is 5.05. The average Bonchev–Trinajstić information content (AvgIpc) is 2.01. The summed E-state index contributed by atoms with van der Waals surface area (Å²) in [5.74, 6) is -0.458. The molecule has 0 aromatic rings. The van der Waals surface area contributed by atoms with Crippen molar-refractivity contribution in [2.45, 2.75) is 52.0 Å². The summed E-state index contributed by atoms with van der Waals surface area (Å²) in [7, 11) is 0. The van der Waals surface area contributed by atoms with E-state index in [-0.39, 0.29) is 11.6 Å². The smallest absolute Gasteiger partial charge is 0.162 e. The summed E-state index contributed by atoms with van der Waals surface area (Å²) in [5, 5.41) is 0. The highest BCUT2D eigenvalue weighted by atomic mass is 16.7. The molecule has 0 atom stereocenters. The first kappa shape index (κ1) is 11.9. The lowest BCUT2D eigenvalue weighted by molar-refractivity contribution is -0.266. The highest BCUT2D eigenvalue weighted by Crippen LogP contribution is 2.17. The van der Waals surface area contributed by atoms with Gasteiger partial charge in [0.25, 0.3) is 0 Å². The first-order valence-electron chi connectivity index (χ1n) is 5.00. The molecule has 0 bridgehead atoms. The zero-order valence-electron chi connectivity index (χ0n) is 9.72. The van der Waals surface area contributed by atoms with Crippen LogP contribution in [0.5, 0.6) is 0 Å². The Hall–Kier alpha value is -0.160. The minimum absolute atomic E-state index is 0.113. The van der Waals surface area contributed by atoms with E-state index in [2.05, 4.69) is 5.48 Å². The first-order chi connectivity index (χ1) is 6.29. The van der Waals surface area contributed by atoms with Crippen LogP contribution >= 0.6 is 0 Å². The van der Waals surface area contributed by atoms with Crippen LogP contribution in [0.3, 0.4) is 0 Å². The second-order valence-corrected chi connectivity index (χ2v) is 5.05. The lowest BCUT2D eigenvalue weighted by atomic mass is 10.2. The van der Waals surface area contributed by atoms with E-state index in [1.54, 1.807) is 0 Å². The average molecular weight is 203 g/mol. The standard InChI is InChI=1S/C10H21NO3/c1-9(2,3)14-11-8-6-12-10(4,5)13-7-8/h8,11H,6-7H2,1-5H3. The van der Waals surface area contributed by atoms with Gasteiger partial charge in [-0.05, 0) is 34.6 Å². The molecule has 1 heterocycles. The van der Waals surface area contributed by atoms with Crippen LogP contribution in [0.15, 0.2) is 0 Å². The van der Waals surface area contributed by atoms with Gasteiger partial charge in [-0.3, -0.25) is 4.84 Å². The number of hydrogen-bond acceptors (Lipinski definition) is 4. The Balaban J connectivity index is 2.23. The van der Waals surface area contributed by atoms with Crippen LogP contribution in [-0.2, 0) is 14.3 Å². The van der Waals surface area contributed by atoms with E-state index in [1.807, 2.05) is 34.6 Å². The molecule has 1 saturated heterocycles. The monoisotopic (exact) mass is 203 g/mol. The van der Waals surface area contributed by atoms with E-state index < -0.39 is 5.79 Å². The van der Waals surface area contributed by atoms with Crippen LogP contribution in [0.2, 0.25) is 0 Å². The van der Waals surface area contributed by atoms with Crippen molar-refractivity contribution in [3.8, 4) is 0 Å². The van der Waals surface area contributed by atoms with Crippen molar-refractivity contribution in [2.24, 2.45) is 0 Å². The molecule has 0 amide bonds. The van der Waals surface area contributed by atoms with Crippen LogP contribution in [0, 0.1) is 0 Å². The van der Waals surface area contributed by atoms with Crippen LogP contribution in [0.1, 0.15) is 34.6 Å². The van der Waals surface area contributed by atoms with Gasteiger partial charge in [0.05, 0.1) is 24.9 Å². The molecule has 84 valence electrons. The summed E-state index contributed by atoms with van der Waals surface area (Å²) in [6.07, 6.45) is 0. The number of ether oxygens (including phenoxy) is 2. The van der Waals surface area contributed by atoms with Crippen LogP contribution in [0.4, 0.5) is 0 Å². The molecule has 4 heteroatoms. The zero-order valence-corrected chi connectivity index (χ0v) is 9.72. The van der Waals surface area contributed by atoms with Gasteiger partial charge in [0.2, 0.25) is 0 Å². The van der Waals surface area contributed by atoms with Crippen molar-refractivity contribution in [3.05, 3.63) is 0 Å². The topological polar surface area (TPSA) is 39.7 Å². The van der Waals surface area contributed by atoms with Gasteiger partial charge < -0.3 is 9.47 Å². The summed E-state index contributed by atoms with van der Waals surface area (Å²) in [6.45, 7) is 11.0. The fourth-order valence-electron chi connectivity index (χ4n) is 1.02. The molecule has 0 aliphatic carbocycles. The highest BCUT2D eigenvalue weighted by Gasteiger charge is 2.29. The Bertz CT molecular complexity index is 176. The summed E-state index contributed by atoms with van der Waals surface area (Å²) in [4.78, 5) is 5.43. The molecule has 0 saturated carbocycles. The number of rotatable bonds is 2. The maximum absolute atomic E-state index is 5.48. The molecule has 1 N–H and O–H groups in total. The number of hydrogen-bond donors (Lipinski definition) is 1. The molecular formula is C10H21NO3. The fraction of sp³-hybridized carbons (Fsp3) is 1.00. The third kappa shape index (κ3) is 4.37. The molecule has 1 aliphatic rings. The van der Waals surface area contributed by atoms with E-state index in [0.29, 0.717) is 13.2 Å². The zero-order chi connectivity index (χ0) is 10.8. The largest absolute Gasteiger partial charge is 0.349 e. The highest BCUT2D eigenvalue weighted by molar-refractivity contribution is 4.71. The van der Waals surface area contributed by atoms with Crippen molar-refractivity contribution in [2.75, 3.05) is 13.2 Å². The van der Waals surface area contributed by atoms with Crippen molar-refractivity contribution in [1.29, 1.82) is 0 Å². The van der Waals surface area contributed by atoms with Crippen molar-refractivity contribution in [3.63, 3.8) is 0 Å². The van der Waals surface area contributed by atoms with Gasteiger partial charge in [-0.1, -0.05) is 0 Å². The summed E-state index contributed by atoms with van der Waals surface area (Å²) in [6, 6.07) is 0.113. The van der Waals surface area contributed by atoms with Crippen LogP contribution in [-0.4, -0.2) is 30.6 Å². The lowest BCUT2D eigenvalue weighted by Crippen LogP contribution is -2.50. The van der Waals surface area contributed by atoms with Crippen LogP contribution < -0.4 is 5.48 Å². The molecule has 0 aromatic carbocycles. The Labute approximate surface area is 85.9 Å². The molecule has 0 unspecified atom stereocenters. The van der Waals surface area contributed by atoms with E-state index in [1.165, 1.54) is 0 Å². The quantitative estimate of drug-likeness (QED) is 0.690. The second kappa shape index (κ2) is 4.14. The normalized spacial score (nSPS) is 23.8. The Morgan fingerprint density at radius 3 is 2.14 bits per heavy atom. The lowest BCUT2D eigenvalue weighted by Gasteiger charge is -2.36. The van der Waals surface area contributed by atoms with Gasteiger partial charge in [-0.25, -0.2) is 0 Å². The van der Waals surface area contributed by atoms with Gasteiger partial charge in [0.15, 0.2) is 5.79 Å². The van der Waals surface area contributed by atoms with Crippen molar-refractivity contribution in [1.82, 2.24) is 5.48 Å². The van der Waals surface area contributed by atoms with E-state index >= 15 is 0 Å². The summed E-state index contributed by atoms with van der Waals surface area (Å²) < 4.78 is 11.0. The molecule has 1 aliphatic heterocycles. The van der Waals surface area contributed by atoms with Gasteiger partial charge >= 0.3 is 0 Å². The predicted octanol–water partition coefficient (Wildman–Crippen LogP) is 1.46. The first-order valence-corrected chi connectivity index (χ1v) is 5.00. The maximum atomic E-state index is 5.48. The fourth-order valence-corrected chi connectivity index (χ4v) is 1.02.